The average molecular weight is 157 g/mol. The Hall–Kier alpha value is -0.570. The van der Waals surface area contributed by atoms with Crippen LogP contribution < -0.4 is 5.73 Å². The van der Waals surface area contributed by atoms with Gasteiger partial charge in [0.25, 0.3) is 0 Å². The second-order valence-corrected chi connectivity index (χ2v) is 3.00. The Morgan fingerprint density at radius 3 is 2.45 bits per heavy atom. The molecule has 2 N–H and O–H groups in total. The van der Waals surface area contributed by atoms with Gasteiger partial charge in [0.15, 0.2) is 0 Å². The highest BCUT2D eigenvalue weighted by Crippen LogP contribution is 1.92. The largest absolute Gasteiger partial charge is 0.387 e. The molecule has 0 fully saturated rings. The van der Waals surface area contributed by atoms with Crippen LogP contribution >= 0.6 is 0 Å². The summed E-state index contributed by atoms with van der Waals surface area (Å²) in [6, 6.07) is 0.472. The van der Waals surface area contributed by atoms with Crippen LogP contribution in [-0.2, 0) is 0 Å². The van der Waals surface area contributed by atoms with E-state index in [1.54, 1.807) is 0 Å². The number of amidine groups is 1. The normalized spacial score (nSPS) is 15.5. The van der Waals surface area contributed by atoms with Gasteiger partial charge in [0, 0.05) is 12.5 Å². The van der Waals surface area contributed by atoms with Gasteiger partial charge >= 0.3 is 0 Å². The molecule has 0 saturated carbocycles. The van der Waals surface area contributed by atoms with Crippen molar-refractivity contribution < 1.29 is 0 Å². The molecule has 0 aliphatic carbocycles. The van der Waals surface area contributed by atoms with E-state index >= 15 is 0 Å². The number of nitrogens with zero attached hydrogens (tertiary/aromatic N) is 2. The summed E-state index contributed by atoms with van der Waals surface area (Å²) >= 11 is 0. The molecular formula is C8H19N3. The molecule has 3 heteroatoms. The first-order valence-corrected chi connectivity index (χ1v) is 4.03. The SMILES string of the molecule is CCC(N)=NCC(C)N(C)C. The fourth-order valence-electron chi connectivity index (χ4n) is 0.524. The first kappa shape index (κ1) is 10.4. The maximum atomic E-state index is 5.55. The molecule has 0 bridgehead atoms. The molecule has 0 aliphatic rings. The fraction of sp³-hybridized carbons (Fsp3) is 0.875. The van der Waals surface area contributed by atoms with Gasteiger partial charge in [-0.3, -0.25) is 4.99 Å². The Labute approximate surface area is 69.3 Å². The van der Waals surface area contributed by atoms with Crippen LogP contribution in [-0.4, -0.2) is 37.4 Å². The molecule has 11 heavy (non-hydrogen) atoms. The molecule has 3 nitrogen and oxygen atoms in total. The number of rotatable bonds is 4. The third-order valence-electron chi connectivity index (χ3n) is 1.80. The van der Waals surface area contributed by atoms with Crippen molar-refractivity contribution in [3.8, 4) is 0 Å². The Kier molecular flexibility index (Phi) is 4.86. The van der Waals surface area contributed by atoms with Crippen molar-refractivity contribution in [1.82, 2.24) is 4.90 Å². The van der Waals surface area contributed by atoms with Gasteiger partial charge in [-0.25, -0.2) is 0 Å². The summed E-state index contributed by atoms with van der Waals surface area (Å²) in [5, 5.41) is 0. The molecule has 0 saturated heterocycles. The number of likely N-dealkylation sites (N-methyl/N-ethyl adjacent to an activating group) is 1. The molecule has 0 aliphatic heterocycles. The van der Waals surface area contributed by atoms with Gasteiger partial charge in [0.2, 0.25) is 0 Å². The van der Waals surface area contributed by atoms with E-state index in [1.165, 1.54) is 0 Å². The van der Waals surface area contributed by atoms with Crippen LogP contribution in [0.25, 0.3) is 0 Å². The van der Waals surface area contributed by atoms with Crippen LogP contribution in [0.4, 0.5) is 0 Å². The molecule has 0 rings (SSSR count). The summed E-state index contributed by atoms with van der Waals surface area (Å²) in [4.78, 5) is 6.35. The molecular weight excluding hydrogens is 138 g/mol. The quantitative estimate of drug-likeness (QED) is 0.482. The molecule has 66 valence electrons. The van der Waals surface area contributed by atoms with Gasteiger partial charge in [-0.1, -0.05) is 6.92 Å². The van der Waals surface area contributed by atoms with E-state index < -0.39 is 0 Å². The van der Waals surface area contributed by atoms with Gasteiger partial charge < -0.3 is 10.6 Å². The molecule has 1 atom stereocenters. The fourth-order valence-corrected chi connectivity index (χ4v) is 0.524. The monoisotopic (exact) mass is 157 g/mol. The summed E-state index contributed by atoms with van der Waals surface area (Å²) in [5.74, 6) is 0.749. The molecule has 0 aromatic rings. The smallest absolute Gasteiger partial charge is 0.0934 e. The molecule has 0 heterocycles. The molecule has 1 unspecified atom stereocenters. The van der Waals surface area contributed by atoms with E-state index in [0.29, 0.717) is 6.04 Å². The van der Waals surface area contributed by atoms with Gasteiger partial charge in [0.1, 0.15) is 0 Å². The van der Waals surface area contributed by atoms with Crippen LogP contribution in [0.15, 0.2) is 4.99 Å². The van der Waals surface area contributed by atoms with Crippen molar-refractivity contribution >= 4 is 5.84 Å². The van der Waals surface area contributed by atoms with Crippen molar-refractivity contribution in [2.75, 3.05) is 20.6 Å². The highest BCUT2D eigenvalue weighted by molar-refractivity contribution is 5.79. The molecule has 0 spiro atoms. The highest BCUT2D eigenvalue weighted by atomic mass is 15.1. The number of hydrogen-bond donors (Lipinski definition) is 1. The van der Waals surface area contributed by atoms with Gasteiger partial charge in [-0.05, 0) is 21.0 Å². The van der Waals surface area contributed by atoms with Crippen LogP contribution in [0.1, 0.15) is 20.3 Å². The Morgan fingerprint density at radius 1 is 1.55 bits per heavy atom. The molecule has 0 amide bonds. The highest BCUT2D eigenvalue weighted by Gasteiger charge is 2.01. The predicted octanol–water partition coefficient (Wildman–Crippen LogP) is 0.704. The minimum Gasteiger partial charge on any atom is -0.387 e. The van der Waals surface area contributed by atoms with Crippen LogP contribution in [0.3, 0.4) is 0 Å². The number of hydrogen-bond acceptors (Lipinski definition) is 2. The zero-order valence-electron chi connectivity index (χ0n) is 7.96. The van der Waals surface area contributed by atoms with E-state index in [1.807, 2.05) is 21.0 Å². The Morgan fingerprint density at radius 2 is 2.09 bits per heavy atom. The first-order chi connectivity index (χ1) is 5.07. The average Bonchev–Trinajstić information content (AvgIpc) is 1.99. The maximum Gasteiger partial charge on any atom is 0.0934 e. The summed E-state index contributed by atoms with van der Waals surface area (Å²) in [6.45, 7) is 4.94. The predicted molar refractivity (Wildman–Crippen MR) is 49.9 cm³/mol. The van der Waals surface area contributed by atoms with E-state index in [-0.39, 0.29) is 0 Å². The third-order valence-corrected chi connectivity index (χ3v) is 1.80. The topological polar surface area (TPSA) is 41.6 Å². The second kappa shape index (κ2) is 5.13. The summed E-state index contributed by atoms with van der Waals surface area (Å²) in [6.07, 6.45) is 0.847. The zero-order chi connectivity index (χ0) is 8.85. The summed E-state index contributed by atoms with van der Waals surface area (Å²) in [7, 11) is 4.09. The van der Waals surface area contributed by atoms with Crippen molar-refractivity contribution in [2.24, 2.45) is 10.7 Å². The first-order valence-electron chi connectivity index (χ1n) is 4.03. The lowest BCUT2D eigenvalue weighted by Gasteiger charge is -2.17. The maximum absolute atomic E-state index is 5.55. The molecule has 0 aromatic carbocycles. The van der Waals surface area contributed by atoms with Gasteiger partial charge in [-0.15, -0.1) is 0 Å². The summed E-state index contributed by atoms with van der Waals surface area (Å²) < 4.78 is 0. The molecule has 0 aromatic heterocycles. The lowest BCUT2D eigenvalue weighted by molar-refractivity contribution is 0.321. The van der Waals surface area contributed by atoms with Crippen LogP contribution in [0, 0.1) is 0 Å². The Bertz CT molecular complexity index is 129. The van der Waals surface area contributed by atoms with Gasteiger partial charge in [0.05, 0.1) is 12.4 Å². The zero-order valence-corrected chi connectivity index (χ0v) is 7.96. The van der Waals surface area contributed by atoms with Crippen molar-refractivity contribution in [3.63, 3.8) is 0 Å². The minimum absolute atomic E-state index is 0.472. The van der Waals surface area contributed by atoms with E-state index in [9.17, 15) is 0 Å². The number of aliphatic imine (C=N–C) groups is 1. The van der Waals surface area contributed by atoms with Crippen LogP contribution in [0.2, 0.25) is 0 Å². The van der Waals surface area contributed by atoms with Crippen LogP contribution in [0.5, 0.6) is 0 Å². The molecule has 0 radical (unpaired) electrons. The van der Waals surface area contributed by atoms with E-state index in [4.69, 9.17) is 5.73 Å². The van der Waals surface area contributed by atoms with E-state index in [0.717, 1.165) is 18.8 Å². The Balaban J connectivity index is 3.68. The lowest BCUT2D eigenvalue weighted by atomic mass is 10.3. The summed E-state index contributed by atoms with van der Waals surface area (Å²) in [5.41, 5.74) is 5.55. The number of nitrogens with two attached hydrogens (primary N) is 1. The van der Waals surface area contributed by atoms with Crippen molar-refractivity contribution in [3.05, 3.63) is 0 Å². The third kappa shape index (κ3) is 4.79. The minimum atomic E-state index is 0.472. The second-order valence-electron chi connectivity index (χ2n) is 3.00. The van der Waals surface area contributed by atoms with Crippen molar-refractivity contribution in [2.45, 2.75) is 26.3 Å². The lowest BCUT2D eigenvalue weighted by Crippen LogP contribution is -2.28. The van der Waals surface area contributed by atoms with Gasteiger partial charge in [-0.2, -0.15) is 0 Å². The van der Waals surface area contributed by atoms with Crippen molar-refractivity contribution in [1.29, 1.82) is 0 Å². The standard InChI is InChI=1S/C8H19N3/c1-5-8(9)10-6-7(2)11(3)4/h7H,5-6H2,1-4H3,(H2,9,10). The van der Waals surface area contributed by atoms with E-state index in [2.05, 4.69) is 16.8 Å².